The molecule has 2 amide bonds. The number of fused-ring (bicyclic) bond motifs is 1. The molecular weight excluding hydrogens is 294 g/mol. The van der Waals surface area contributed by atoms with Crippen LogP contribution in [0, 0.1) is 0 Å². The van der Waals surface area contributed by atoms with Gasteiger partial charge in [0.05, 0.1) is 12.1 Å². The predicted octanol–water partition coefficient (Wildman–Crippen LogP) is 0.975. The van der Waals surface area contributed by atoms with Crippen LogP contribution in [-0.2, 0) is 0 Å². The quantitative estimate of drug-likeness (QED) is 0.879. The average Bonchev–Trinajstić information content (AvgIpc) is 3.36. The number of amides is 2. The lowest BCUT2D eigenvalue weighted by Gasteiger charge is -2.24. The highest BCUT2D eigenvalue weighted by Crippen LogP contribution is 2.29. The minimum atomic E-state index is -0.182. The molecule has 1 heterocycles. The second-order valence-corrected chi connectivity index (χ2v) is 6.35. The SMILES string of the molecule is CN(C)CCN(C(=O)c1ccc2c(c1)C(=O)NCCO2)C1CC1. The zero-order valence-electron chi connectivity index (χ0n) is 13.7. The van der Waals surface area contributed by atoms with E-state index >= 15 is 0 Å². The maximum absolute atomic E-state index is 12.9. The maximum Gasteiger partial charge on any atom is 0.255 e. The van der Waals surface area contributed by atoms with Gasteiger partial charge in [-0.15, -0.1) is 0 Å². The molecule has 1 aliphatic heterocycles. The first-order valence-corrected chi connectivity index (χ1v) is 8.07. The van der Waals surface area contributed by atoms with Crippen molar-refractivity contribution in [2.24, 2.45) is 0 Å². The Hall–Kier alpha value is -2.08. The number of carbonyl (C=O) groups excluding carboxylic acids is 2. The van der Waals surface area contributed by atoms with Gasteiger partial charge in [0, 0.05) is 24.7 Å². The van der Waals surface area contributed by atoms with Crippen LogP contribution in [-0.4, -0.2) is 68.0 Å². The molecule has 6 heteroatoms. The lowest BCUT2D eigenvalue weighted by atomic mass is 10.1. The van der Waals surface area contributed by atoms with Crippen molar-refractivity contribution in [3.63, 3.8) is 0 Å². The zero-order valence-corrected chi connectivity index (χ0v) is 13.7. The molecule has 1 aromatic carbocycles. The van der Waals surface area contributed by atoms with Gasteiger partial charge in [0.1, 0.15) is 12.4 Å². The second-order valence-electron chi connectivity index (χ2n) is 6.35. The van der Waals surface area contributed by atoms with Crippen LogP contribution in [0.4, 0.5) is 0 Å². The minimum Gasteiger partial charge on any atom is -0.491 e. The fourth-order valence-corrected chi connectivity index (χ4v) is 2.70. The smallest absolute Gasteiger partial charge is 0.255 e. The molecule has 6 nitrogen and oxygen atoms in total. The van der Waals surface area contributed by atoms with Crippen molar-refractivity contribution in [1.82, 2.24) is 15.1 Å². The Bertz CT molecular complexity index is 611. The van der Waals surface area contributed by atoms with Gasteiger partial charge in [0.2, 0.25) is 0 Å². The van der Waals surface area contributed by atoms with Crippen molar-refractivity contribution < 1.29 is 14.3 Å². The first-order chi connectivity index (χ1) is 11.1. The van der Waals surface area contributed by atoms with Gasteiger partial charge in [0.15, 0.2) is 0 Å². The highest BCUT2D eigenvalue weighted by atomic mass is 16.5. The lowest BCUT2D eigenvalue weighted by Crippen LogP contribution is -2.38. The molecule has 0 aromatic heterocycles. The van der Waals surface area contributed by atoms with Crippen molar-refractivity contribution >= 4 is 11.8 Å². The summed E-state index contributed by atoms with van der Waals surface area (Å²) in [6, 6.07) is 5.48. The molecule has 0 atom stereocenters. The molecule has 0 unspecified atom stereocenters. The largest absolute Gasteiger partial charge is 0.491 e. The molecule has 23 heavy (non-hydrogen) atoms. The number of benzene rings is 1. The third-order valence-corrected chi connectivity index (χ3v) is 4.15. The minimum absolute atomic E-state index is 0.00537. The van der Waals surface area contributed by atoms with Gasteiger partial charge in [-0.25, -0.2) is 0 Å². The number of hydrogen-bond acceptors (Lipinski definition) is 4. The Morgan fingerprint density at radius 3 is 2.78 bits per heavy atom. The van der Waals surface area contributed by atoms with Crippen LogP contribution in [0.5, 0.6) is 5.75 Å². The first-order valence-electron chi connectivity index (χ1n) is 8.07. The van der Waals surface area contributed by atoms with Crippen LogP contribution < -0.4 is 10.1 Å². The van der Waals surface area contributed by atoms with E-state index in [1.54, 1.807) is 18.2 Å². The van der Waals surface area contributed by atoms with Crippen LogP contribution in [0.15, 0.2) is 18.2 Å². The summed E-state index contributed by atoms with van der Waals surface area (Å²) in [7, 11) is 4.00. The van der Waals surface area contributed by atoms with Crippen molar-refractivity contribution in [2.75, 3.05) is 40.3 Å². The predicted molar refractivity (Wildman–Crippen MR) is 86.9 cm³/mol. The molecule has 0 bridgehead atoms. The lowest BCUT2D eigenvalue weighted by molar-refractivity contribution is 0.0732. The summed E-state index contributed by atoms with van der Waals surface area (Å²) in [6.07, 6.45) is 2.13. The summed E-state index contributed by atoms with van der Waals surface area (Å²) in [4.78, 5) is 28.9. The third kappa shape index (κ3) is 3.64. The van der Waals surface area contributed by atoms with E-state index in [1.165, 1.54) is 0 Å². The van der Waals surface area contributed by atoms with E-state index in [2.05, 4.69) is 10.2 Å². The van der Waals surface area contributed by atoms with Gasteiger partial charge in [0.25, 0.3) is 11.8 Å². The van der Waals surface area contributed by atoms with Gasteiger partial charge < -0.3 is 19.9 Å². The molecule has 1 aromatic rings. The Morgan fingerprint density at radius 1 is 1.30 bits per heavy atom. The zero-order chi connectivity index (χ0) is 16.4. The Morgan fingerprint density at radius 2 is 2.09 bits per heavy atom. The number of likely N-dealkylation sites (N-methyl/N-ethyl adjacent to an activating group) is 1. The number of nitrogens with zero attached hydrogens (tertiary/aromatic N) is 2. The summed E-state index contributed by atoms with van der Waals surface area (Å²) < 4.78 is 5.54. The van der Waals surface area contributed by atoms with Gasteiger partial charge in [-0.2, -0.15) is 0 Å². The molecule has 124 valence electrons. The van der Waals surface area contributed by atoms with Crippen LogP contribution in [0.1, 0.15) is 33.6 Å². The standard InChI is InChI=1S/C17H23N3O3/c1-19(2)8-9-20(13-4-5-13)17(22)12-3-6-15-14(11-12)16(21)18-7-10-23-15/h3,6,11,13H,4-5,7-10H2,1-2H3,(H,18,21). The van der Waals surface area contributed by atoms with E-state index in [4.69, 9.17) is 4.74 Å². The summed E-state index contributed by atoms with van der Waals surface area (Å²) in [5.74, 6) is 0.357. The van der Waals surface area contributed by atoms with Gasteiger partial charge in [-0.1, -0.05) is 0 Å². The van der Waals surface area contributed by atoms with Crippen LogP contribution in [0.25, 0.3) is 0 Å². The van der Waals surface area contributed by atoms with Crippen molar-refractivity contribution in [2.45, 2.75) is 18.9 Å². The molecule has 1 N–H and O–H groups in total. The van der Waals surface area contributed by atoms with E-state index < -0.39 is 0 Å². The molecule has 1 saturated carbocycles. The number of hydrogen-bond donors (Lipinski definition) is 1. The molecule has 0 saturated heterocycles. The molecule has 2 aliphatic rings. The molecule has 0 radical (unpaired) electrons. The van der Waals surface area contributed by atoms with E-state index in [-0.39, 0.29) is 11.8 Å². The van der Waals surface area contributed by atoms with Crippen molar-refractivity contribution in [3.8, 4) is 5.75 Å². The number of ether oxygens (including phenoxy) is 1. The topological polar surface area (TPSA) is 61.9 Å². The van der Waals surface area contributed by atoms with Crippen molar-refractivity contribution in [1.29, 1.82) is 0 Å². The molecule has 3 rings (SSSR count). The number of carbonyl (C=O) groups is 2. The summed E-state index contributed by atoms with van der Waals surface area (Å²) in [5.41, 5.74) is 0.992. The summed E-state index contributed by atoms with van der Waals surface area (Å²) >= 11 is 0. The van der Waals surface area contributed by atoms with E-state index in [0.717, 1.165) is 19.4 Å². The highest BCUT2D eigenvalue weighted by molar-refractivity contribution is 6.01. The first kappa shape index (κ1) is 15.8. The fourth-order valence-electron chi connectivity index (χ4n) is 2.70. The summed E-state index contributed by atoms with van der Waals surface area (Å²) in [6.45, 7) is 2.46. The van der Waals surface area contributed by atoms with Crippen molar-refractivity contribution in [3.05, 3.63) is 29.3 Å². The molecule has 1 aliphatic carbocycles. The third-order valence-electron chi connectivity index (χ3n) is 4.15. The van der Waals surface area contributed by atoms with E-state index in [1.807, 2.05) is 19.0 Å². The molecular formula is C17H23N3O3. The monoisotopic (exact) mass is 317 g/mol. The van der Waals surface area contributed by atoms with E-state index in [9.17, 15) is 9.59 Å². The molecule has 1 fully saturated rings. The Balaban J connectivity index is 1.82. The van der Waals surface area contributed by atoms with Crippen LogP contribution >= 0.6 is 0 Å². The maximum atomic E-state index is 12.9. The van der Waals surface area contributed by atoms with Crippen LogP contribution in [0.2, 0.25) is 0 Å². The summed E-state index contributed by atoms with van der Waals surface area (Å²) in [5, 5.41) is 2.78. The van der Waals surface area contributed by atoms with Crippen LogP contribution in [0.3, 0.4) is 0 Å². The normalized spacial score (nSPS) is 17.1. The van der Waals surface area contributed by atoms with Gasteiger partial charge in [-0.3, -0.25) is 9.59 Å². The van der Waals surface area contributed by atoms with Gasteiger partial charge in [-0.05, 0) is 45.1 Å². The van der Waals surface area contributed by atoms with E-state index in [0.29, 0.717) is 42.6 Å². The molecule has 0 spiro atoms. The number of nitrogens with one attached hydrogen (secondary N) is 1. The Kier molecular flexibility index (Phi) is 4.52. The second kappa shape index (κ2) is 6.58. The number of rotatable bonds is 5. The van der Waals surface area contributed by atoms with Gasteiger partial charge >= 0.3 is 0 Å². The fraction of sp³-hybridized carbons (Fsp3) is 0.529. The Labute approximate surface area is 136 Å². The highest BCUT2D eigenvalue weighted by Gasteiger charge is 2.33. The average molecular weight is 317 g/mol.